The Morgan fingerprint density at radius 1 is 1.00 bits per heavy atom. The number of benzene rings is 2. The van der Waals surface area contributed by atoms with Gasteiger partial charge >= 0.3 is 0 Å². The molecular weight excluding hydrogens is 336 g/mol. The number of hydrogen-bond donors (Lipinski definition) is 2. The molecule has 2 heterocycles. The lowest BCUT2D eigenvalue weighted by Gasteiger charge is -2.12. The molecule has 0 bridgehead atoms. The highest BCUT2D eigenvalue weighted by atomic mass is 16.1. The molecule has 1 unspecified atom stereocenters. The highest BCUT2D eigenvalue weighted by Gasteiger charge is 2.28. The van der Waals surface area contributed by atoms with Gasteiger partial charge in [0, 0.05) is 29.2 Å². The summed E-state index contributed by atoms with van der Waals surface area (Å²) >= 11 is 0. The van der Waals surface area contributed by atoms with Gasteiger partial charge in [0.1, 0.15) is 0 Å². The van der Waals surface area contributed by atoms with E-state index in [1.165, 1.54) is 12.8 Å². The molecule has 0 amide bonds. The molecule has 5 heteroatoms. The Morgan fingerprint density at radius 2 is 1.78 bits per heavy atom. The molecule has 134 valence electrons. The predicted octanol–water partition coefficient (Wildman–Crippen LogP) is 3.69. The highest BCUT2D eigenvalue weighted by Crippen LogP contribution is 2.39. The number of aromatic amines is 1. The van der Waals surface area contributed by atoms with E-state index in [1.54, 1.807) is 0 Å². The molecular formula is C22H20N4O. The van der Waals surface area contributed by atoms with Gasteiger partial charge in [-0.1, -0.05) is 54.6 Å². The average molecular weight is 356 g/mol. The summed E-state index contributed by atoms with van der Waals surface area (Å²) in [5.74, 6) is 1.24. The first-order chi connectivity index (χ1) is 13.3. The number of carbonyl (C=O) groups excluding carboxylic acids is 1. The van der Waals surface area contributed by atoms with E-state index in [0.717, 1.165) is 28.1 Å². The van der Waals surface area contributed by atoms with Crippen LogP contribution in [0.5, 0.6) is 0 Å². The number of carbonyl (C=O) groups is 1. The number of hydrogen-bond acceptors (Lipinski definition) is 4. The minimum atomic E-state index is -0.661. The topological polar surface area (TPSA) is 70.1 Å². The van der Waals surface area contributed by atoms with Crippen LogP contribution in [0.4, 0.5) is 5.95 Å². The average Bonchev–Trinajstić information content (AvgIpc) is 3.47. The van der Waals surface area contributed by atoms with Crippen LogP contribution in [-0.4, -0.2) is 27.6 Å². The summed E-state index contributed by atoms with van der Waals surface area (Å²) in [6, 6.07) is 18.0. The summed E-state index contributed by atoms with van der Waals surface area (Å²) in [6.45, 7) is 0. The second-order valence-electron chi connectivity index (χ2n) is 7.15. The lowest BCUT2D eigenvalue weighted by atomic mass is 9.96. The van der Waals surface area contributed by atoms with E-state index in [2.05, 4.69) is 15.3 Å². The third kappa shape index (κ3) is 3.16. The Kier molecular flexibility index (Phi) is 3.85. The van der Waals surface area contributed by atoms with Crippen molar-refractivity contribution in [1.82, 2.24) is 9.97 Å². The number of rotatable bonds is 4. The summed E-state index contributed by atoms with van der Waals surface area (Å²) in [4.78, 5) is 25.4. The SMILES string of the molecule is O=C1Cc2ccccc2C(c2ccccc2)=NC1Nc1ncc(C2CC2)[nH]1. The van der Waals surface area contributed by atoms with Crippen LogP contribution < -0.4 is 5.32 Å². The Hall–Kier alpha value is -3.21. The lowest BCUT2D eigenvalue weighted by molar-refractivity contribution is -0.118. The van der Waals surface area contributed by atoms with E-state index in [4.69, 9.17) is 4.99 Å². The van der Waals surface area contributed by atoms with Crippen molar-refractivity contribution in [2.75, 3.05) is 5.32 Å². The Bertz CT molecular complexity index is 1020. The van der Waals surface area contributed by atoms with E-state index in [0.29, 0.717) is 18.3 Å². The van der Waals surface area contributed by atoms with Crippen molar-refractivity contribution in [1.29, 1.82) is 0 Å². The van der Waals surface area contributed by atoms with E-state index in [1.807, 2.05) is 60.8 Å². The monoisotopic (exact) mass is 356 g/mol. The number of anilines is 1. The van der Waals surface area contributed by atoms with Crippen LogP contribution in [0, 0.1) is 0 Å². The molecule has 1 fully saturated rings. The number of fused-ring (bicyclic) bond motifs is 1. The number of nitrogens with one attached hydrogen (secondary N) is 2. The molecule has 2 aliphatic rings. The van der Waals surface area contributed by atoms with Crippen LogP contribution in [0.1, 0.15) is 41.1 Å². The van der Waals surface area contributed by atoms with Crippen molar-refractivity contribution in [3.63, 3.8) is 0 Å². The van der Waals surface area contributed by atoms with Gasteiger partial charge in [0.15, 0.2) is 11.9 Å². The molecule has 2 N–H and O–H groups in total. The number of Topliss-reactive ketones (excluding diaryl/α,β-unsaturated/α-hetero) is 1. The third-order valence-electron chi connectivity index (χ3n) is 5.13. The zero-order valence-corrected chi connectivity index (χ0v) is 14.9. The quantitative estimate of drug-likeness (QED) is 0.749. The molecule has 3 aromatic rings. The third-order valence-corrected chi connectivity index (χ3v) is 5.13. The molecule has 5 nitrogen and oxygen atoms in total. The minimum absolute atomic E-state index is 0.0396. The van der Waals surface area contributed by atoms with Crippen molar-refractivity contribution in [2.24, 2.45) is 4.99 Å². The summed E-state index contributed by atoms with van der Waals surface area (Å²) in [6.07, 6.45) is 3.96. The highest BCUT2D eigenvalue weighted by molar-refractivity contribution is 6.16. The normalized spacial score (nSPS) is 19.2. The van der Waals surface area contributed by atoms with Gasteiger partial charge in [-0.3, -0.25) is 9.79 Å². The standard InChI is InChI=1S/C22H20N4O/c27-19-12-16-8-4-5-9-17(16)20(15-6-2-1-3-7-15)25-21(19)26-22-23-13-18(24-22)14-10-11-14/h1-9,13-14,21H,10-12H2,(H2,23,24,26). The maximum atomic E-state index is 12.9. The van der Waals surface area contributed by atoms with Crippen molar-refractivity contribution in [2.45, 2.75) is 31.3 Å². The Balaban J connectivity index is 1.53. The number of aromatic nitrogens is 2. The van der Waals surface area contributed by atoms with E-state index in [-0.39, 0.29) is 5.78 Å². The minimum Gasteiger partial charge on any atom is -0.328 e. The summed E-state index contributed by atoms with van der Waals surface area (Å²) < 4.78 is 0. The molecule has 1 aliphatic heterocycles. The Morgan fingerprint density at radius 3 is 2.59 bits per heavy atom. The first kappa shape index (κ1) is 16.0. The van der Waals surface area contributed by atoms with Crippen molar-refractivity contribution in [3.8, 4) is 0 Å². The zero-order chi connectivity index (χ0) is 18.2. The van der Waals surface area contributed by atoms with Gasteiger partial charge < -0.3 is 10.3 Å². The fourth-order valence-electron chi connectivity index (χ4n) is 3.54. The largest absolute Gasteiger partial charge is 0.328 e. The zero-order valence-electron chi connectivity index (χ0n) is 14.9. The van der Waals surface area contributed by atoms with Crippen LogP contribution in [0.25, 0.3) is 0 Å². The number of nitrogens with zero attached hydrogens (tertiary/aromatic N) is 2. The molecule has 27 heavy (non-hydrogen) atoms. The van der Waals surface area contributed by atoms with Crippen molar-refractivity contribution < 1.29 is 4.79 Å². The second kappa shape index (κ2) is 6.50. The molecule has 0 spiro atoms. The molecule has 1 atom stereocenters. The smallest absolute Gasteiger partial charge is 0.202 e. The van der Waals surface area contributed by atoms with Gasteiger partial charge in [0.25, 0.3) is 0 Å². The number of H-pyrrole nitrogens is 1. The lowest BCUT2D eigenvalue weighted by Crippen LogP contribution is -2.29. The van der Waals surface area contributed by atoms with Crippen molar-refractivity contribution >= 4 is 17.4 Å². The molecule has 0 radical (unpaired) electrons. The van der Waals surface area contributed by atoms with Gasteiger partial charge in [-0.2, -0.15) is 0 Å². The van der Waals surface area contributed by atoms with Crippen LogP contribution in [0.3, 0.4) is 0 Å². The molecule has 1 saturated carbocycles. The van der Waals surface area contributed by atoms with Gasteiger partial charge in [-0.05, 0) is 18.4 Å². The van der Waals surface area contributed by atoms with E-state index >= 15 is 0 Å². The van der Waals surface area contributed by atoms with Gasteiger partial charge in [-0.15, -0.1) is 0 Å². The summed E-state index contributed by atoms with van der Waals surface area (Å²) in [5, 5.41) is 3.20. The number of ketones is 1. The van der Waals surface area contributed by atoms with Crippen LogP contribution >= 0.6 is 0 Å². The molecule has 1 aromatic heterocycles. The number of imidazole rings is 1. The van der Waals surface area contributed by atoms with Crippen LogP contribution in [0.15, 0.2) is 65.8 Å². The molecule has 2 aromatic carbocycles. The fourth-order valence-corrected chi connectivity index (χ4v) is 3.54. The van der Waals surface area contributed by atoms with Crippen LogP contribution in [0.2, 0.25) is 0 Å². The molecule has 0 saturated heterocycles. The summed E-state index contributed by atoms with van der Waals surface area (Å²) in [7, 11) is 0. The predicted molar refractivity (Wildman–Crippen MR) is 105 cm³/mol. The van der Waals surface area contributed by atoms with Gasteiger partial charge in [0.2, 0.25) is 5.95 Å². The second-order valence-corrected chi connectivity index (χ2v) is 7.15. The van der Waals surface area contributed by atoms with E-state index < -0.39 is 6.17 Å². The fraction of sp³-hybridized carbons (Fsp3) is 0.227. The molecule has 5 rings (SSSR count). The molecule has 1 aliphatic carbocycles. The van der Waals surface area contributed by atoms with Crippen molar-refractivity contribution in [3.05, 3.63) is 83.2 Å². The maximum Gasteiger partial charge on any atom is 0.202 e. The summed E-state index contributed by atoms with van der Waals surface area (Å²) in [5.41, 5.74) is 4.99. The van der Waals surface area contributed by atoms with Crippen LogP contribution in [-0.2, 0) is 11.2 Å². The van der Waals surface area contributed by atoms with Gasteiger partial charge in [-0.25, -0.2) is 4.98 Å². The first-order valence-corrected chi connectivity index (χ1v) is 9.33. The maximum absolute atomic E-state index is 12.9. The van der Waals surface area contributed by atoms with Gasteiger partial charge in [0.05, 0.1) is 11.9 Å². The van der Waals surface area contributed by atoms with E-state index in [9.17, 15) is 4.79 Å². The number of aliphatic imine (C=N–C) groups is 1. The first-order valence-electron chi connectivity index (χ1n) is 9.33. The Labute approximate surface area is 157 Å².